The topological polar surface area (TPSA) is 17.1 Å². The third kappa shape index (κ3) is 5.13. The van der Waals surface area contributed by atoms with E-state index in [1.807, 2.05) is 6.08 Å². The Labute approximate surface area is 102 Å². The van der Waals surface area contributed by atoms with E-state index in [-0.39, 0.29) is 5.24 Å². The molecule has 0 amide bonds. The van der Waals surface area contributed by atoms with Crippen molar-refractivity contribution in [1.29, 1.82) is 0 Å². The Kier molecular flexibility index (Phi) is 5.87. The third-order valence-corrected chi connectivity index (χ3v) is 2.74. The fourth-order valence-electron chi connectivity index (χ4n) is 1.59. The normalized spacial score (nSPS) is 10.1. The van der Waals surface area contributed by atoms with E-state index in [0.717, 1.165) is 31.2 Å². The molecule has 0 bridgehead atoms. The lowest BCUT2D eigenvalue weighted by atomic mass is 10.0. The maximum absolute atomic E-state index is 10.5. The Morgan fingerprint density at radius 2 is 1.88 bits per heavy atom. The molecule has 0 atom stereocenters. The van der Waals surface area contributed by atoms with Crippen molar-refractivity contribution in [3.8, 4) is 0 Å². The highest BCUT2D eigenvalue weighted by Gasteiger charge is 1.97. The number of hydrogen-bond donors (Lipinski definition) is 0. The van der Waals surface area contributed by atoms with Gasteiger partial charge in [0.15, 0.2) is 0 Å². The summed E-state index contributed by atoms with van der Waals surface area (Å²) < 4.78 is 0. The Balaban J connectivity index is 2.21. The van der Waals surface area contributed by atoms with Gasteiger partial charge in [-0.05, 0) is 42.0 Å². The summed E-state index contributed by atoms with van der Waals surface area (Å²) in [7, 11) is 0. The van der Waals surface area contributed by atoms with Crippen molar-refractivity contribution in [2.45, 2.75) is 32.1 Å². The summed E-state index contributed by atoms with van der Waals surface area (Å²) in [5, 5.41) is -0.227. The van der Waals surface area contributed by atoms with Crippen molar-refractivity contribution in [3.63, 3.8) is 0 Å². The van der Waals surface area contributed by atoms with Crippen molar-refractivity contribution in [1.82, 2.24) is 0 Å². The highest BCUT2D eigenvalue weighted by molar-refractivity contribution is 6.63. The van der Waals surface area contributed by atoms with Crippen molar-refractivity contribution < 1.29 is 4.79 Å². The average Bonchev–Trinajstić information content (AvgIpc) is 2.29. The SMILES string of the molecule is C=Cc1ccc(CCCCCC(=O)Cl)cc1. The van der Waals surface area contributed by atoms with Crippen LogP contribution in [0, 0.1) is 0 Å². The number of carbonyl (C=O) groups is 1. The largest absolute Gasteiger partial charge is 0.281 e. The molecule has 1 rings (SSSR count). The molecule has 16 heavy (non-hydrogen) atoms. The first kappa shape index (κ1) is 13.0. The number of aryl methyl sites for hydroxylation is 1. The van der Waals surface area contributed by atoms with Gasteiger partial charge in [-0.2, -0.15) is 0 Å². The molecule has 0 aliphatic carbocycles. The number of benzene rings is 1. The van der Waals surface area contributed by atoms with Crippen LogP contribution in [0.2, 0.25) is 0 Å². The van der Waals surface area contributed by atoms with Crippen LogP contribution in [0.5, 0.6) is 0 Å². The van der Waals surface area contributed by atoms with Crippen molar-refractivity contribution in [2.75, 3.05) is 0 Å². The molecule has 0 aliphatic heterocycles. The fraction of sp³-hybridized carbons (Fsp3) is 0.357. The lowest BCUT2D eigenvalue weighted by Gasteiger charge is -2.01. The second kappa shape index (κ2) is 7.24. The molecule has 2 heteroatoms. The van der Waals surface area contributed by atoms with E-state index >= 15 is 0 Å². The summed E-state index contributed by atoms with van der Waals surface area (Å²) >= 11 is 5.26. The van der Waals surface area contributed by atoms with Gasteiger partial charge in [0.1, 0.15) is 0 Å². The van der Waals surface area contributed by atoms with Crippen LogP contribution in [0.3, 0.4) is 0 Å². The van der Waals surface area contributed by atoms with Crippen LogP contribution in [0.1, 0.15) is 36.8 Å². The highest BCUT2D eigenvalue weighted by Crippen LogP contribution is 2.10. The molecule has 0 saturated heterocycles. The highest BCUT2D eigenvalue weighted by atomic mass is 35.5. The van der Waals surface area contributed by atoms with Gasteiger partial charge in [0.2, 0.25) is 5.24 Å². The van der Waals surface area contributed by atoms with Gasteiger partial charge >= 0.3 is 0 Å². The minimum Gasteiger partial charge on any atom is -0.281 e. The number of unbranched alkanes of at least 4 members (excludes halogenated alkanes) is 2. The lowest BCUT2D eigenvalue weighted by Crippen LogP contribution is -1.89. The van der Waals surface area contributed by atoms with Crippen LogP contribution >= 0.6 is 11.6 Å². The molecule has 0 saturated carbocycles. The van der Waals surface area contributed by atoms with E-state index < -0.39 is 0 Å². The Hall–Kier alpha value is -1.08. The standard InChI is InChI=1S/C14H17ClO/c1-2-12-8-10-13(11-9-12)6-4-3-5-7-14(15)16/h2,8-11H,1,3-7H2. The number of carbonyl (C=O) groups excluding carboxylic acids is 1. The van der Waals surface area contributed by atoms with E-state index in [1.165, 1.54) is 5.56 Å². The van der Waals surface area contributed by atoms with E-state index in [0.29, 0.717) is 6.42 Å². The van der Waals surface area contributed by atoms with Gasteiger partial charge in [0, 0.05) is 6.42 Å². The first-order valence-corrected chi connectivity index (χ1v) is 6.00. The quantitative estimate of drug-likeness (QED) is 0.512. The summed E-state index contributed by atoms with van der Waals surface area (Å²) in [5.41, 5.74) is 2.49. The second-order valence-corrected chi connectivity index (χ2v) is 4.28. The van der Waals surface area contributed by atoms with Crippen LogP contribution < -0.4 is 0 Å². The molecule has 0 heterocycles. The zero-order chi connectivity index (χ0) is 11.8. The second-order valence-electron chi connectivity index (χ2n) is 3.86. The first-order valence-electron chi connectivity index (χ1n) is 5.62. The summed E-state index contributed by atoms with van der Waals surface area (Å²) in [6.07, 6.45) is 6.47. The third-order valence-electron chi connectivity index (χ3n) is 2.55. The maximum Gasteiger partial charge on any atom is 0.221 e. The summed E-state index contributed by atoms with van der Waals surface area (Å²) in [5.74, 6) is 0. The van der Waals surface area contributed by atoms with Crippen LogP contribution in [0.25, 0.3) is 6.08 Å². The molecule has 0 spiro atoms. The molecule has 0 aromatic heterocycles. The molecule has 86 valence electrons. The molecule has 0 aliphatic rings. The molecule has 0 unspecified atom stereocenters. The Morgan fingerprint density at radius 3 is 2.44 bits per heavy atom. The lowest BCUT2D eigenvalue weighted by molar-refractivity contribution is -0.111. The molecule has 1 aromatic rings. The number of rotatable bonds is 7. The van der Waals surface area contributed by atoms with Gasteiger partial charge in [0.25, 0.3) is 0 Å². The van der Waals surface area contributed by atoms with E-state index in [4.69, 9.17) is 11.6 Å². The van der Waals surface area contributed by atoms with Crippen molar-refractivity contribution in [3.05, 3.63) is 42.0 Å². The van der Waals surface area contributed by atoms with Gasteiger partial charge in [-0.3, -0.25) is 4.79 Å². The zero-order valence-corrected chi connectivity index (χ0v) is 10.2. The van der Waals surface area contributed by atoms with Gasteiger partial charge in [-0.25, -0.2) is 0 Å². The molecule has 0 N–H and O–H groups in total. The number of halogens is 1. The zero-order valence-electron chi connectivity index (χ0n) is 9.42. The smallest absolute Gasteiger partial charge is 0.221 e. The Morgan fingerprint density at radius 1 is 1.19 bits per heavy atom. The predicted molar refractivity (Wildman–Crippen MR) is 69.6 cm³/mol. The van der Waals surface area contributed by atoms with Crippen molar-refractivity contribution >= 4 is 22.9 Å². The minimum absolute atomic E-state index is 0.227. The Bertz CT molecular complexity index is 340. The minimum atomic E-state index is -0.227. The van der Waals surface area contributed by atoms with E-state index in [9.17, 15) is 4.79 Å². The summed E-state index contributed by atoms with van der Waals surface area (Å²) in [4.78, 5) is 10.5. The van der Waals surface area contributed by atoms with Gasteiger partial charge in [0.05, 0.1) is 0 Å². The van der Waals surface area contributed by atoms with E-state index in [2.05, 4.69) is 30.8 Å². The van der Waals surface area contributed by atoms with Crippen LogP contribution in [-0.2, 0) is 11.2 Å². The van der Waals surface area contributed by atoms with Crippen molar-refractivity contribution in [2.24, 2.45) is 0 Å². The van der Waals surface area contributed by atoms with Gasteiger partial charge in [-0.1, -0.05) is 43.3 Å². The number of hydrogen-bond acceptors (Lipinski definition) is 1. The van der Waals surface area contributed by atoms with Gasteiger partial charge in [-0.15, -0.1) is 0 Å². The van der Waals surface area contributed by atoms with Crippen LogP contribution in [0.15, 0.2) is 30.8 Å². The average molecular weight is 237 g/mol. The molecular weight excluding hydrogens is 220 g/mol. The monoisotopic (exact) mass is 236 g/mol. The molecule has 0 fully saturated rings. The maximum atomic E-state index is 10.5. The van der Waals surface area contributed by atoms with Gasteiger partial charge < -0.3 is 0 Å². The summed E-state index contributed by atoms with van der Waals surface area (Å²) in [6.45, 7) is 3.72. The molecular formula is C14H17ClO. The molecule has 1 aromatic carbocycles. The molecule has 0 radical (unpaired) electrons. The summed E-state index contributed by atoms with van der Waals surface area (Å²) in [6, 6.07) is 8.41. The van der Waals surface area contributed by atoms with Crippen LogP contribution in [0.4, 0.5) is 0 Å². The predicted octanol–water partition coefficient (Wildman–Crippen LogP) is 4.20. The van der Waals surface area contributed by atoms with E-state index in [1.54, 1.807) is 0 Å². The molecule has 1 nitrogen and oxygen atoms in total. The first-order chi connectivity index (χ1) is 7.72. The fourth-order valence-corrected chi connectivity index (χ4v) is 1.72. The van der Waals surface area contributed by atoms with Crippen LogP contribution in [-0.4, -0.2) is 5.24 Å².